The molecule has 6 heteroatoms. The smallest absolute Gasteiger partial charge is 0.159 e. The minimum Gasteiger partial charge on any atom is -0.496 e. The summed E-state index contributed by atoms with van der Waals surface area (Å²) in [5, 5.41) is 0. The molecule has 0 aliphatic carbocycles. The molecule has 0 N–H and O–H groups in total. The van der Waals surface area contributed by atoms with E-state index in [0.717, 1.165) is 5.56 Å². The molecule has 0 aromatic heterocycles. The van der Waals surface area contributed by atoms with Crippen molar-refractivity contribution < 1.29 is 17.9 Å². The maximum absolute atomic E-state index is 11.4. The lowest BCUT2D eigenvalue weighted by molar-refractivity contribution is 0.101. The third-order valence-electron chi connectivity index (χ3n) is 2.97. The van der Waals surface area contributed by atoms with Crippen LogP contribution in [0.5, 0.6) is 5.75 Å². The van der Waals surface area contributed by atoms with Crippen LogP contribution in [0.1, 0.15) is 22.8 Å². The van der Waals surface area contributed by atoms with Crippen molar-refractivity contribution in [2.45, 2.75) is 13.5 Å². The maximum Gasteiger partial charge on any atom is 0.159 e. The Hall–Kier alpha value is -1.40. The summed E-state index contributed by atoms with van der Waals surface area (Å²) >= 11 is 0. The Bertz CT molecular complexity index is 581. The molecule has 1 rings (SSSR count). The Morgan fingerprint density at radius 3 is 2.50 bits per heavy atom. The van der Waals surface area contributed by atoms with Crippen molar-refractivity contribution in [1.82, 2.24) is 4.90 Å². The highest BCUT2D eigenvalue weighted by molar-refractivity contribution is 7.90. The van der Waals surface area contributed by atoms with E-state index >= 15 is 0 Å². The normalized spacial score (nSPS) is 11.7. The minimum absolute atomic E-state index is 0.00677. The summed E-state index contributed by atoms with van der Waals surface area (Å²) < 4.78 is 27.6. The molecular weight excluding hydrogens is 278 g/mol. The predicted octanol–water partition coefficient (Wildman–Crippen LogP) is 1.37. The third-order valence-corrected chi connectivity index (χ3v) is 3.90. The van der Waals surface area contributed by atoms with Gasteiger partial charge in [0.25, 0.3) is 0 Å². The summed E-state index contributed by atoms with van der Waals surface area (Å²) in [5.41, 5.74) is 1.49. The zero-order valence-corrected chi connectivity index (χ0v) is 13.2. The molecule has 0 amide bonds. The molecule has 0 saturated heterocycles. The molecule has 0 unspecified atom stereocenters. The molecule has 0 saturated carbocycles. The maximum atomic E-state index is 11.4. The number of ketones is 1. The zero-order chi connectivity index (χ0) is 15.3. The average molecular weight is 299 g/mol. The Balaban J connectivity index is 2.84. The van der Waals surface area contributed by atoms with E-state index in [1.165, 1.54) is 13.2 Å². The molecule has 0 heterocycles. The van der Waals surface area contributed by atoms with E-state index < -0.39 is 9.84 Å². The molecular formula is C14H21NO4S. The topological polar surface area (TPSA) is 63.7 Å². The highest BCUT2D eigenvalue weighted by Crippen LogP contribution is 2.21. The van der Waals surface area contributed by atoms with Crippen LogP contribution in [0, 0.1) is 0 Å². The van der Waals surface area contributed by atoms with Gasteiger partial charge in [-0.25, -0.2) is 8.42 Å². The summed E-state index contributed by atoms with van der Waals surface area (Å²) in [6, 6.07) is 5.27. The van der Waals surface area contributed by atoms with E-state index in [0.29, 0.717) is 24.4 Å². The van der Waals surface area contributed by atoms with Crippen molar-refractivity contribution in [3.8, 4) is 5.75 Å². The Morgan fingerprint density at radius 1 is 1.35 bits per heavy atom. The summed E-state index contributed by atoms with van der Waals surface area (Å²) in [4.78, 5) is 13.3. The molecule has 0 fully saturated rings. The third kappa shape index (κ3) is 5.30. The molecule has 112 valence electrons. The van der Waals surface area contributed by atoms with Crippen LogP contribution >= 0.6 is 0 Å². The molecule has 0 aliphatic rings. The predicted molar refractivity (Wildman–Crippen MR) is 79.0 cm³/mol. The quantitative estimate of drug-likeness (QED) is 0.712. The van der Waals surface area contributed by atoms with Crippen molar-refractivity contribution in [1.29, 1.82) is 0 Å². The number of rotatable bonds is 7. The monoisotopic (exact) mass is 299 g/mol. The van der Waals surface area contributed by atoms with Crippen LogP contribution in [0.25, 0.3) is 0 Å². The Morgan fingerprint density at radius 2 is 2.00 bits per heavy atom. The van der Waals surface area contributed by atoms with Gasteiger partial charge in [0.2, 0.25) is 0 Å². The first kappa shape index (κ1) is 16.7. The van der Waals surface area contributed by atoms with E-state index in [4.69, 9.17) is 4.74 Å². The standard InChI is InChI=1S/C14H21NO4S/c1-11(16)12-5-6-14(19-3)13(9-12)10-15(2)7-8-20(4,17)18/h5-6,9H,7-8,10H2,1-4H3. The highest BCUT2D eigenvalue weighted by atomic mass is 32.2. The van der Waals surface area contributed by atoms with Gasteiger partial charge in [0.15, 0.2) is 5.78 Å². The largest absolute Gasteiger partial charge is 0.496 e. The average Bonchev–Trinajstić information content (AvgIpc) is 2.35. The molecule has 1 aromatic carbocycles. The second kappa shape index (κ2) is 6.85. The number of nitrogens with zero attached hydrogens (tertiary/aromatic N) is 1. The second-order valence-electron chi connectivity index (χ2n) is 4.95. The number of hydrogen-bond acceptors (Lipinski definition) is 5. The van der Waals surface area contributed by atoms with E-state index in [1.54, 1.807) is 25.3 Å². The van der Waals surface area contributed by atoms with E-state index in [2.05, 4.69) is 0 Å². The number of Topliss-reactive ketones (excluding diaryl/α,β-unsaturated/α-hetero) is 1. The van der Waals surface area contributed by atoms with Gasteiger partial charge < -0.3 is 9.64 Å². The fourth-order valence-corrected chi connectivity index (χ4v) is 2.46. The Labute approximate surface area is 120 Å². The molecule has 0 bridgehead atoms. The van der Waals surface area contributed by atoms with Crippen molar-refractivity contribution in [2.24, 2.45) is 0 Å². The second-order valence-corrected chi connectivity index (χ2v) is 7.21. The number of sulfone groups is 1. The first-order valence-electron chi connectivity index (χ1n) is 6.27. The molecule has 0 aliphatic heterocycles. The van der Waals surface area contributed by atoms with E-state index in [9.17, 15) is 13.2 Å². The number of hydrogen-bond donors (Lipinski definition) is 0. The SMILES string of the molecule is COc1ccc(C(C)=O)cc1CN(C)CCS(C)(=O)=O. The number of benzene rings is 1. The van der Waals surface area contributed by atoms with Crippen LogP contribution < -0.4 is 4.74 Å². The van der Waals surface area contributed by atoms with Crippen LogP contribution in [0.4, 0.5) is 0 Å². The molecule has 20 heavy (non-hydrogen) atoms. The van der Waals surface area contributed by atoms with Crippen LogP contribution in [0.15, 0.2) is 18.2 Å². The van der Waals surface area contributed by atoms with Gasteiger partial charge >= 0.3 is 0 Å². The molecule has 0 radical (unpaired) electrons. The highest BCUT2D eigenvalue weighted by Gasteiger charge is 2.11. The summed E-state index contributed by atoms with van der Waals surface area (Å²) in [7, 11) is 0.435. The number of carbonyl (C=O) groups excluding carboxylic acids is 1. The van der Waals surface area contributed by atoms with Gasteiger partial charge in [0.1, 0.15) is 15.6 Å². The van der Waals surface area contributed by atoms with Gasteiger partial charge in [-0.1, -0.05) is 0 Å². The van der Waals surface area contributed by atoms with E-state index in [1.807, 2.05) is 11.9 Å². The fraction of sp³-hybridized carbons (Fsp3) is 0.500. The van der Waals surface area contributed by atoms with Crippen molar-refractivity contribution >= 4 is 15.6 Å². The van der Waals surface area contributed by atoms with Gasteiger partial charge in [0.05, 0.1) is 12.9 Å². The van der Waals surface area contributed by atoms with Crippen molar-refractivity contribution in [3.05, 3.63) is 29.3 Å². The summed E-state index contributed by atoms with van der Waals surface area (Å²) in [6.07, 6.45) is 1.22. The first-order chi connectivity index (χ1) is 9.23. The number of methoxy groups -OCH3 is 1. The zero-order valence-electron chi connectivity index (χ0n) is 12.3. The molecule has 0 spiro atoms. The Kier molecular flexibility index (Phi) is 5.71. The van der Waals surface area contributed by atoms with E-state index in [-0.39, 0.29) is 11.5 Å². The molecule has 0 atom stereocenters. The number of carbonyl (C=O) groups is 1. The summed E-state index contributed by atoms with van der Waals surface area (Å²) in [6.45, 7) is 2.48. The van der Waals surface area contributed by atoms with Gasteiger partial charge in [0, 0.05) is 30.5 Å². The summed E-state index contributed by atoms with van der Waals surface area (Å²) in [5.74, 6) is 0.798. The molecule has 5 nitrogen and oxygen atoms in total. The van der Waals surface area contributed by atoms with Gasteiger partial charge in [-0.3, -0.25) is 4.79 Å². The lowest BCUT2D eigenvalue weighted by Gasteiger charge is -2.18. The van der Waals surface area contributed by atoms with Gasteiger partial charge in [-0.05, 0) is 32.2 Å². The first-order valence-corrected chi connectivity index (χ1v) is 8.33. The lowest BCUT2D eigenvalue weighted by atomic mass is 10.1. The molecule has 1 aromatic rings. The van der Waals surface area contributed by atoms with Crippen LogP contribution in [-0.4, -0.2) is 51.8 Å². The van der Waals surface area contributed by atoms with Crippen LogP contribution in [-0.2, 0) is 16.4 Å². The van der Waals surface area contributed by atoms with Crippen molar-refractivity contribution in [3.63, 3.8) is 0 Å². The lowest BCUT2D eigenvalue weighted by Crippen LogP contribution is -2.25. The van der Waals surface area contributed by atoms with Crippen LogP contribution in [0.3, 0.4) is 0 Å². The van der Waals surface area contributed by atoms with Crippen molar-refractivity contribution in [2.75, 3.05) is 32.7 Å². The van der Waals surface area contributed by atoms with Gasteiger partial charge in [-0.2, -0.15) is 0 Å². The fourth-order valence-electron chi connectivity index (χ4n) is 1.81. The van der Waals surface area contributed by atoms with Crippen LogP contribution in [0.2, 0.25) is 0 Å². The minimum atomic E-state index is -2.98. The van der Waals surface area contributed by atoms with Gasteiger partial charge in [-0.15, -0.1) is 0 Å². The number of ether oxygens (including phenoxy) is 1.